The topological polar surface area (TPSA) is 61.5 Å². The second-order valence-corrected chi connectivity index (χ2v) is 10.2. The normalized spacial score (nSPS) is 35.6. The lowest BCUT2D eigenvalue weighted by atomic mass is 9.50. The van der Waals surface area contributed by atoms with Crippen LogP contribution in [0.15, 0.2) is 24.3 Å². The van der Waals surface area contributed by atoms with E-state index < -0.39 is 0 Å². The van der Waals surface area contributed by atoms with E-state index in [4.69, 9.17) is 14.6 Å². The minimum Gasteiger partial charge on any atom is -0.485 e. The molecule has 0 N–H and O–H groups in total. The number of hydrogen-bond donors (Lipinski definition) is 0. The first-order valence-electron chi connectivity index (χ1n) is 10.4. The van der Waals surface area contributed by atoms with Gasteiger partial charge in [0.25, 0.3) is 0 Å². The third-order valence-electron chi connectivity index (χ3n) is 7.30. The number of nitrogens with zero attached hydrogens (tertiary/aromatic N) is 4. The molecule has 4 saturated carbocycles. The van der Waals surface area contributed by atoms with E-state index in [1.807, 2.05) is 28.8 Å². The Morgan fingerprint density at radius 1 is 0.964 bits per heavy atom. The summed E-state index contributed by atoms with van der Waals surface area (Å²) in [6.07, 6.45) is 8.00. The zero-order valence-corrected chi connectivity index (χ0v) is 16.4. The molecule has 4 fully saturated rings. The average Bonchev–Trinajstić information content (AvgIpc) is 3.28. The molecule has 28 heavy (non-hydrogen) atoms. The Bertz CT molecular complexity index is 1040. The van der Waals surface area contributed by atoms with Gasteiger partial charge in [-0.25, -0.2) is 0 Å². The SMILES string of the molecule is c1ccc2c(c1)OCC(c1nnc3sc(C45CC6CC(CC(C6)C4)C5)nn13)O2. The zero-order valence-electron chi connectivity index (χ0n) is 15.6. The highest BCUT2D eigenvalue weighted by molar-refractivity contribution is 7.16. The molecule has 6 nitrogen and oxygen atoms in total. The van der Waals surface area contributed by atoms with Gasteiger partial charge in [0.05, 0.1) is 0 Å². The summed E-state index contributed by atoms with van der Waals surface area (Å²) in [6, 6.07) is 7.77. The number of aromatic nitrogens is 4. The first kappa shape index (κ1) is 15.7. The van der Waals surface area contributed by atoms with Crippen LogP contribution in [0.3, 0.4) is 0 Å². The van der Waals surface area contributed by atoms with Crippen LogP contribution in [0.25, 0.3) is 4.96 Å². The predicted molar refractivity (Wildman–Crippen MR) is 104 cm³/mol. The van der Waals surface area contributed by atoms with E-state index in [0.29, 0.717) is 6.61 Å². The first-order valence-corrected chi connectivity index (χ1v) is 11.2. The van der Waals surface area contributed by atoms with Crippen molar-refractivity contribution in [3.63, 3.8) is 0 Å². The molecule has 2 aromatic heterocycles. The van der Waals surface area contributed by atoms with E-state index in [1.54, 1.807) is 11.3 Å². The molecule has 0 saturated heterocycles. The molecule has 4 aliphatic carbocycles. The van der Waals surface area contributed by atoms with Crippen LogP contribution in [0, 0.1) is 17.8 Å². The van der Waals surface area contributed by atoms with Crippen molar-refractivity contribution in [2.24, 2.45) is 17.8 Å². The molecule has 3 aromatic rings. The molecule has 144 valence electrons. The van der Waals surface area contributed by atoms with Crippen molar-refractivity contribution in [1.82, 2.24) is 19.8 Å². The van der Waals surface area contributed by atoms with Crippen molar-refractivity contribution in [2.75, 3.05) is 6.61 Å². The lowest BCUT2D eigenvalue weighted by molar-refractivity contribution is -0.00574. The maximum atomic E-state index is 6.16. The van der Waals surface area contributed by atoms with E-state index in [1.165, 1.54) is 43.5 Å². The molecule has 1 aromatic carbocycles. The molecule has 3 heterocycles. The van der Waals surface area contributed by atoms with Gasteiger partial charge in [-0.3, -0.25) is 0 Å². The predicted octanol–water partition coefficient (Wildman–Crippen LogP) is 4.17. The molecule has 5 aliphatic rings. The Morgan fingerprint density at radius 3 is 2.43 bits per heavy atom. The number of benzene rings is 1. The minimum absolute atomic E-state index is 0.281. The van der Waals surface area contributed by atoms with Gasteiger partial charge in [-0.2, -0.15) is 9.61 Å². The van der Waals surface area contributed by atoms with Gasteiger partial charge < -0.3 is 9.47 Å². The fourth-order valence-corrected chi connectivity index (χ4v) is 7.63. The summed E-state index contributed by atoms with van der Waals surface area (Å²) in [5.74, 6) is 5.01. The van der Waals surface area contributed by atoms with Crippen molar-refractivity contribution in [3.05, 3.63) is 35.1 Å². The van der Waals surface area contributed by atoms with E-state index in [0.717, 1.165) is 40.0 Å². The summed E-state index contributed by atoms with van der Waals surface area (Å²) in [5.41, 5.74) is 0.286. The van der Waals surface area contributed by atoms with Crippen molar-refractivity contribution in [3.8, 4) is 11.5 Å². The Labute approximate surface area is 166 Å². The van der Waals surface area contributed by atoms with Crippen molar-refractivity contribution in [1.29, 1.82) is 0 Å². The molecule has 1 atom stereocenters. The molecule has 1 aliphatic heterocycles. The van der Waals surface area contributed by atoms with Crippen LogP contribution in [-0.4, -0.2) is 26.4 Å². The molecule has 8 rings (SSSR count). The van der Waals surface area contributed by atoms with Crippen LogP contribution < -0.4 is 9.47 Å². The summed E-state index contributed by atoms with van der Waals surface area (Å²) >= 11 is 1.74. The van der Waals surface area contributed by atoms with Gasteiger partial charge in [-0.15, -0.1) is 10.2 Å². The van der Waals surface area contributed by atoms with Gasteiger partial charge in [0.1, 0.15) is 11.6 Å². The Hall–Kier alpha value is -2.15. The monoisotopic (exact) mass is 394 g/mol. The van der Waals surface area contributed by atoms with Crippen LogP contribution in [0.2, 0.25) is 0 Å². The minimum atomic E-state index is -0.281. The largest absolute Gasteiger partial charge is 0.485 e. The summed E-state index contributed by atoms with van der Waals surface area (Å²) in [7, 11) is 0. The molecular weight excluding hydrogens is 372 g/mol. The number of para-hydroxylation sites is 2. The number of ether oxygens (including phenoxy) is 2. The van der Waals surface area contributed by atoms with E-state index in [9.17, 15) is 0 Å². The maximum absolute atomic E-state index is 6.16. The lowest BCUT2D eigenvalue weighted by Gasteiger charge is -2.55. The maximum Gasteiger partial charge on any atom is 0.234 e. The highest BCUT2D eigenvalue weighted by Gasteiger charge is 2.53. The van der Waals surface area contributed by atoms with Crippen LogP contribution >= 0.6 is 11.3 Å². The van der Waals surface area contributed by atoms with Crippen molar-refractivity contribution >= 4 is 16.3 Å². The summed E-state index contributed by atoms with van der Waals surface area (Å²) in [4.78, 5) is 0.878. The molecule has 0 radical (unpaired) electrons. The van der Waals surface area contributed by atoms with Gasteiger partial charge in [-0.1, -0.05) is 23.5 Å². The Kier molecular flexibility index (Phi) is 3.07. The zero-order chi connectivity index (χ0) is 18.3. The first-order chi connectivity index (χ1) is 13.8. The second kappa shape index (κ2) is 5.47. The molecule has 0 spiro atoms. The molecule has 4 bridgehead atoms. The number of rotatable bonds is 2. The fourth-order valence-electron chi connectivity index (χ4n) is 6.57. The van der Waals surface area contributed by atoms with Crippen LogP contribution in [0.4, 0.5) is 0 Å². The van der Waals surface area contributed by atoms with Gasteiger partial charge >= 0.3 is 0 Å². The van der Waals surface area contributed by atoms with Crippen LogP contribution in [-0.2, 0) is 5.41 Å². The van der Waals surface area contributed by atoms with Crippen LogP contribution in [0.5, 0.6) is 11.5 Å². The highest BCUT2D eigenvalue weighted by Crippen LogP contribution is 2.61. The lowest BCUT2D eigenvalue weighted by Crippen LogP contribution is -2.48. The molecule has 7 heteroatoms. The number of fused-ring (bicyclic) bond motifs is 2. The van der Waals surface area contributed by atoms with Gasteiger partial charge in [0.15, 0.2) is 23.4 Å². The molecule has 0 amide bonds. The Balaban J connectivity index is 1.26. The molecular formula is C21H22N4O2S. The van der Waals surface area contributed by atoms with Gasteiger partial charge in [0.2, 0.25) is 4.96 Å². The van der Waals surface area contributed by atoms with Crippen molar-refractivity contribution < 1.29 is 9.47 Å². The third-order valence-corrected chi connectivity index (χ3v) is 8.45. The summed E-state index contributed by atoms with van der Waals surface area (Å²) < 4.78 is 14.0. The smallest absolute Gasteiger partial charge is 0.234 e. The van der Waals surface area contributed by atoms with Gasteiger partial charge in [0, 0.05) is 5.41 Å². The standard InChI is InChI=1S/C21H22N4O2S/c1-2-4-16-15(3-1)26-11-17(27-16)18-22-23-20-25(18)24-19(28-20)21-8-12-5-13(9-21)7-14(6-12)10-21/h1-4,12-14,17H,5-11H2. The second-order valence-electron chi connectivity index (χ2n) is 9.22. The fraction of sp³-hybridized carbons (Fsp3) is 0.571. The van der Waals surface area contributed by atoms with Gasteiger partial charge in [-0.05, 0) is 68.4 Å². The number of hydrogen-bond acceptors (Lipinski definition) is 6. The van der Waals surface area contributed by atoms with E-state index >= 15 is 0 Å². The average molecular weight is 395 g/mol. The quantitative estimate of drug-likeness (QED) is 0.653. The summed E-state index contributed by atoms with van der Waals surface area (Å²) in [6.45, 7) is 0.433. The molecule has 1 unspecified atom stereocenters. The van der Waals surface area contributed by atoms with Crippen molar-refractivity contribution in [2.45, 2.75) is 50.0 Å². The van der Waals surface area contributed by atoms with E-state index in [-0.39, 0.29) is 11.5 Å². The van der Waals surface area contributed by atoms with Crippen LogP contribution in [0.1, 0.15) is 55.5 Å². The third kappa shape index (κ3) is 2.16. The Morgan fingerprint density at radius 2 is 1.68 bits per heavy atom. The van der Waals surface area contributed by atoms with E-state index in [2.05, 4.69) is 10.2 Å². The summed E-state index contributed by atoms with van der Waals surface area (Å²) in [5, 5.41) is 15.2. The highest BCUT2D eigenvalue weighted by atomic mass is 32.1.